The SMILES string of the molecule is O=c1[nH]c(SCc2ccc(F)cc2)nc2c1cnn2-c1cccc(Cl)c1. The van der Waals surface area contributed by atoms with Gasteiger partial charge in [-0.25, -0.2) is 14.1 Å². The molecule has 0 aliphatic carbocycles. The standard InChI is InChI=1S/C18H12ClFN4OS/c19-12-2-1-3-14(8-12)24-16-15(9-21-24)17(25)23-18(22-16)26-10-11-4-6-13(20)7-5-11/h1-9H,10H2,(H,22,23,25). The highest BCUT2D eigenvalue weighted by atomic mass is 35.5. The monoisotopic (exact) mass is 386 g/mol. The van der Waals surface area contributed by atoms with Crippen molar-refractivity contribution in [2.24, 2.45) is 0 Å². The lowest BCUT2D eigenvalue weighted by Crippen LogP contribution is -2.09. The minimum absolute atomic E-state index is 0.259. The molecular weight excluding hydrogens is 375 g/mol. The van der Waals surface area contributed by atoms with Crippen LogP contribution >= 0.6 is 23.4 Å². The highest BCUT2D eigenvalue weighted by Crippen LogP contribution is 2.22. The largest absolute Gasteiger partial charge is 0.301 e. The van der Waals surface area contributed by atoms with E-state index in [1.807, 2.05) is 12.1 Å². The number of halogens is 2. The summed E-state index contributed by atoms with van der Waals surface area (Å²) >= 11 is 7.41. The summed E-state index contributed by atoms with van der Waals surface area (Å²) in [7, 11) is 0. The van der Waals surface area contributed by atoms with E-state index in [1.165, 1.54) is 30.1 Å². The first kappa shape index (κ1) is 16.8. The molecule has 0 aliphatic heterocycles. The average molecular weight is 387 g/mol. The van der Waals surface area contributed by atoms with E-state index in [-0.39, 0.29) is 11.4 Å². The number of benzene rings is 2. The molecule has 0 atom stereocenters. The van der Waals surface area contributed by atoms with Gasteiger partial charge in [0, 0.05) is 10.8 Å². The van der Waals surface area contributed by atoms with Gasteiger partial charge in [-0.05, 0) is 35.9 Å². The van der Waals surface area contributed by atoms with Crippen LogP contribution in [-0.2, 0) is 5.75 Å². The van der Waals surface area contributed by atoms with E-state index < -0.39 is 0 Å². The minimum Gasteiger partial charge on any atom is -0.301 e. The van der Waals surface area contributed by atoms with Gasteiger partial charge in [0.25, 0.3) is 5.56 Å². The quantitative estimate of drug-likeness (QED) is 0.422. The van der Waals surface area contributed by atoms with Gasteiger partial charge in [-0.15, -0.1) is 0 Å². The van der Waals surface area contributed by atoms with Gasteiger partial charge in [-0.2, -0.15) is 5.10 Å². The summed E-state index contributed by atoms with van der Waals surface area (Å²) in [6, 6.07) is 13.4. The molecule has 0 saturated carbocycles. The summed E-state index contributed by atoms with van der Waals surface area (Å²) in [4.78, 5) is 19.6. The maximum absolute atomic E-state index is 13.0. The second-order valence-electron chi connectivity index (χ2n) is 5.56. The van der Waals surface area contributed by atoms with Crippen molar-refractivity contribution in [1.82, 2.24) is 19.7 Å². The summed E-state index contributed by atoms with van der Waals surface area (Å²) in [5.41, 5.74) is 1.85. The highest BCUT2D eigenvalue weighted by Gasteiger charge is 2.12. The Morgan fingerprint density at radius 3 is 2.77 bits per heavy atom. The Labute approximate surface area is 156 Å². The second-order valence-corrected chi connectivity index (χ2v) is 6.96. The number of H-pyrrole nitrogens is 1. The van der Waals surface area contributed by atoms with E-state index in [0.29, 0.717) is 27.0 Å². The first-order valence-corrected chi connectivity index (χ1v) is 9.08. The third-order valence-electron chi connectivity index (χ3n) is 3.76. The van der Waals surface area contributed by atoms with Crippen molar-refractivity contribution in [2.75, 3.05) is 0 Å². The van der Waals surface area contributed by atoms with Gasteiger partial charge < -0.3 is 4.98 Å². The van der Waals surface area contributed by atoms with Crippen LogP contribution < -0.4 is 5.56 Å². The summed E-state index contributed by atoms with van der Waals surface area (Å²) in [5.74, 6) is 0.275. The topological polar surface area (TPSA) is 63.6 Å². The van der Waals surface area contributed by atoms with Gasteiger partial charge >= 0.3 is 0 Å². The fraction of sp³-hybridized carbons (Fsp3) is 0.0556. The van der Waals surface area contributed by atoms with Gasteiger partial charge in [0.15, 0.2) is 10.8 Å². The zero-order valence-electron chi connectivity index (χ0n) is 13.3. The van der Waals surface area contributed by atoms with Crippen molar-refractivity contribution in [3.05, 3.63) is 81.5 Å². The van der Waals surface area contributed by atoms with Crippen molar-refractivity contribution in [2.45, 2.75) is 10.9 Å². The molecule has 4 aromatic rings. The summed E-state index contributed by atoms with van der Waals surface area (Å²) in [5, 5.41) is 5.70. The number of nitrogens with zero attached hydrogens (tertiary/aromatic N) is 3. The molecule has 4 rings (SSSR count). The second kappa shape index (κ2) is 6.93. The van der Waals surface area contributed by atoms with Crippen molar-refractivity contribution < 1.29 is 4.39 Å². The Bertz CT molecular complexity index is 1140. The van der Waals surface area contributed by atoms with Crippen molar-refractivity contribution in [3.8, 4) is 5.69 Å². The Hall–Kier alpha value is -2.64. The Morgan fingerprint density at radius 2 is 2.00 bits per heavy atom. The number of hydrogen-bond donors (Lipinski definition) is 1. The molecular formula is C18H12ClFN4OS. The van der Waals surface area contributed by atoms with Crippen molar-refractivity contribution in [1.29, 1.82) is 0 Å². The summed E-state index contributed by atoms with van der Waals surface area (Å²) < 4.78 is 14.6. The molecule has 26 heavy (non-hydrogen) atoms. The number of thioether (sulfide) groups is 1. The number of fused-ring (bicyclic) bond motifs is 1. The van der Waals surface area contributed by atoms with Gasteiger partial charge in [-0.1, -0.05) is 41.6 Å². The lowest BCUT2D eigenvalue weighted by Gasteiger charge is -2.05. The number of rotatable bonds is 4. The third-order valence-corrected chi connectivity index (χ3v) is 4.94. The van der Waals surface area contributed by atoms with Crippen LogP contribution in [0.25, 0.3) is 16.7 Å². The molecule has 0 radical (unpaired) electrons. The summed E-state index contributed by atoms with van der Waals surface area (Å²) in [6.07, 6.45) is 1.48. The zero-order valence-corrected chi connectivity index (χ0v) is 14.9. The maximum atomic E-state index is 13.0. The van der Waals surface area contributed by atoms with Gasteiger partial charge in [0.1, 0.15) is 11.2 Å². The first-order chi connectivity index (χ1) is 12.6. The maximum Gasteiger partial charge on any atom is 0.262 e. The normalized spacial score (nSPS) is 11.2. The lowest BCUT2D eigenvalue weighted by molar-refractivity contribution is 0.627. The predicted molar refractivity (Wildman–Crippen MR) is 100 cm³/mol. The van der Waals surface area contributed by atoms with Gasteiger partial charge in [0.2, 0.25) is 0 Å². The van der Waals surface area contributed by atoms with Crippen LogP contribution in [0, 0.1) is 5.82 Å². The molecule has 0 fully saturated rings. The lowest BCUT2D eigenvalue weighted by atomic mass is 10.2. The van der Waals surface area contributed by atoms with Crippen LogP contribution in [0.4, 0.5) is 4.39 Å². The first-order valence-electron chi connectivity index (χ1n) is 7.71. The van der Waals surface area contributed by atoms with Crippen LogP contribution in [0.2, 0.25) is 5.02 Å². The van der Waals surface area contributed by atoms with Crippen molar-refractivity contribution in [3.63, 3.8) is 0 Å². The molecule has 2 aromatic carbocycles. The predicted octanol–water partition coefficient (Wildman–Crippen LogP) is 4.19. The van der Waals surface area contributed by atoms with E-state index in [9.17, 15) is 9.18 Å². The van der Waals surface area contributed by atoms with E-state index >= 15 is 0 Å². The molecule has 0 amide bonds. The molecule has 1 N–H and O–H groups in total. The van der Waals surface area contributed by atoms with Gasteiger partial charge in [0.05, 0.1) is 11.9 Å². The number of nitrogens with one attached hydrogen (secondary N) is 1. The van der Waals surface area contributed by atoms with Gasteiger partial charge in [-0.3, -0.25) is 4.79 Å². The molecule has 130 valence electrons. The van der Waals surface area contributed by atoms with Crippen molar-refractivity contribution >= 4 is 34.4 Å². The van der Waals surface area contributed by atoms with E-state index in [4.69, 9.17) is 11.6 Å². The summed E-state index contributed by atoms with van der Waals surface area (Å²) in [6.45, 7) is 0. The number of aromatic amines is 1. The van der Waals surface area contributed by atoms with Crippen LogP contribution in [0.1, 0.15) is 5.56 Å². The molecule has 0 spiro atoms. The molecule has 0 unspecified atom stereocenters. The van der Waals surface area contributed by atoms with Crippen LogP contribution in [-0.4, -0.2) is 19.7 Å². The number of hydrogen-bond acceptors (Lipinski definition) is 4. The van der Waals surface area contributed by atoms with Crippen LogP contribution in [0.5, 0.6) is 0 Å². The molecule has 2 heterocycles. The highest BCUT2D eigenvalue weighted by molar-refractivity contribution is 7.98. The smallest absolute Gasteiger partial charge is 0.262 e. The fourth-order valence-corrected chi connectivity index (χ4v) is 3.49. The Morgan fingerprint density at radius 1 is 1.19 bits per heavy atom. The Kier molecular flexibility index (Phi) is 4.48. The molecule has 0 aliphatic rings. The fourth-order valence-electron chi connectivity index (χ4n) is 2.50. The molecule has 0 bridgehead atoms. The van der Waals surface area contributed by atoms with E-state index in [1.54, 1.807) is 28.9 Å². The van der Waals surface area contributed by atoms with E-state index in [0.717, 1.165) is 11.3 Å². The van der Waals surface area contributed by atoms with Crippen LogP contribution in [0.15, 0.2) is 64.7 Å². The zero-order chi connectivity index (χ0) is 18.1. The molecule has 5 nitrogen and oxygen atoms in total. The molecule has 0 saturated heterocycles. The third kappa shape index (κ3) is 3.36. The van der Waals surface area contributed by atoms with Crippen LogP contribution in [0.3, 0.4) is 0 Å². The minimum atomic E-state index is -0.280. The number of aromatic nitrogens is 4. The average Bonchev–Trinajstić information content (AvgIpc) is 3.06. The Balaban J connectivity index is 1.69. The van der Waals surface area contributed by atoms with E-state index in [2.05, 4.69) is 15.1 Å². The molecule has 2 aromatic heterocycles. The molecule has 8 heteroatoms.